The van der Waals surface area contributed by atoms with Gasteiger partial charge >= 0.3 is 6.09 Å². The van der Waals surface area contributed by atoms with E-state index >= 15 is 4.39 Å². The summed E-state index contributed by atoms with van der Waals surface area (Å²) in [5, 5.41) is 0.765. The van der Waals surface area contributed by atoms with E-state index in [0.29, 0.717) is 28.5 Å². The van der Waals surface area contributed by atoms with Crippen molar-refractivity contribution in [3.63, 3.8) is 0 Å². The number of imidazole rings is 1. The Labute approximate surface area is 244 Å². The van der Waals surface area contributed by atoms with E-state index in [4.69, 9.17) is 14.7 Å². The van der Waals surface area contributed by atoms with Crippen LogP contribution in [-0.2, 0) is 11.2 Å². The number of aryl methyl sites for hydroxylation is 1. The Morgan fingerprint density at radius 2 is 1.95 bits per heavy atom. The number of amides is 1. The van der Waals surface area contributed by atoms with Crippen LogP contribution in [-0.4, -0.2) is 81.8 Å². The number of anilines is 1. The van der Waals surface area contributed by atoms with Crippen molar-refractivity contribution < 1.29 is 13.9 Å². The van der Waals surface area contributed by atoms with E-state index in [1.165, 1.54) is 0 Å². The van der Waals surface area contributed by atoms with Gasteiger partial charge in [-0.15, -0.1) is 0 Å². The normalized spacial score (nSPS) is 23.5. The molecule has 3 aromatic rings. The van der Waals surface area contributed by atoms with Crippen LogP contribution in [0.3, 0.4) is 0 Å². The Hall–Kier alpha value is -1.73. The van der Waals surface area contributed by atoms with E-state index in [-0.39, 0.29) is 24.0 Å². The maximum atomic E-state index is 15.7. The molecule has 4 fully saturated rings. The molecule has 3 saturated heterocycles. The summed E-state index contributed by atoms with van der Waals surface area (Å²) in [4.78, 5) is 29.4. The molecule has 1 amide bonds. The molecule has 4 aliphatic rings. The number of halogens is 3. The van der Waals surface area contributed by atoms with Gasteiger partial charge in [0.2, 0.25) is 0 Å². The molecule has 0 N–H and O–H groups in total. The van der Waals surface area contributed by atoms with Crippen molar-refractivity contribution in [2.75, 3.05) is 38.6 Å². The summed E-state index contributed by atoms with van der Waals surface area (Å²) in [6.45, 7) is 10.1. The zero-order valence-corrected chi connectivity index (χ0v) is 26.3. The lowest BCUT2D eigenvalue weighted by molar-refractivity contribution is 0.0209. The number of benzene rings is 1. The first-order chi connectivity index (χ1) is 17.9. The second-order valence-electron chi connectivity index (χ2n) is 12.0. The number of likely N-dealkylation sites (N-methyl/N-ethyl adjacent to an activating group) is 1. The van der Waals surface area contributed by atoms with E-state index in [1.54, 1.807) is 0 Å². The lowest BCUT2D eigenvalue weighted by Crippen LogP contribution is -2.57. The predicted octanol–water partition coefficient (Wildman–Crippen LogP) is 5.58. The lowest BCUT2D eigenvalue weighted by atomic mass is 9.79. The molecule has 1 aliphatic carbocycles. The van der Waals surface area contributed by atoms with Gasteiger partial charge in [-0.1, -0.05) is 6.92 Å². The number of aromatic nitrogens is 3. The number of hydrogen-bond donors (Lipinski definition) is 0. The van der Waals surface area contributed by atoms with Crippen molar-refractivity contribution in [3.05, 3.63) is 25.8 Å². The van der Waals surface area contributed by atoms with Crippen LogP contribution >= 0.6 is 38.5 Å². The number of carbonyl (C=O) groups is 1. The van der Waals surface area contributed by atoms with Crippen LogP contribution in [0.4, 0.5) is 15.0 Å². The minimum Gasteiger partial charge on any atom is -0.444 e. The number of rotatable bonds is 4. The SMILES string of the molecule is CCc1nc2c(N3CC(N(C)C)C3)nc3c(F)c(Br)c(I)cc3c2n1C1C2CC1N(C(=O)OC(C)(C)C)C2. The van der Waals surface area contributed by atoms with E-state index in [9.17, 15) is 4.79 Å². The number of pyridine rings is 1. The minimum atomic E-state index is -0.546. The number of hydrogen-bond acceptors (Lipinski definition) is 6. The molecule has 11 heteroatoms. The third-order valence-electron chi connectivity index (χ3n) is 8.19. The molecule has 204 valence electrons. The standard InChI is InChI=1S/C27H33BrFIN6O2/c1-7-18-31-22-24(36(18)23-13-8-17(23)35(10-13)26(37)38-27(2,3)4)15-9-16(30)19(28)20(29)21(15)32-25(22)34-11-14(12-34)33(5)6/h9,13-14,17,23H,7-8,10-12H2,1-6H3. The molecule has 7 rings (SSSR count). The number of carbonyl (C=O) groups excluding carboxylic acids is 1. The molecule has 3 aliphatic heterocycles. The summed E-state index contributed by atoms with van der Waals surface area (Å²) in [6.07, 6.45) is 1.41. The molecule has 1 aromatic carbocycles. The Morgan fingerprint density at radius 1 is 1.24 bits per heavy atom. The van der Waals surface area contributed by atoms with Gasteiger partial charge < -0.3 is 24.0 Å². The van der Waals surface area contributed by atoms with Crippen LogP contribution in [0, 0.1) is 15.3 Å². The molecular formula is C27H33BrFIN6O2. The van der Waals surface area contributed by atoms with E-state index in [2.05, 4.69) is 73.9 Å². The maximum Gasteiger partial charge on any atom is 0.410 e. The molecule has 2 aromatic heterocycles. The van der Waals surface area contributed by atoms with Crippen molar-refractivity contribution in [1.29, 1.82) is 0 Å². The Bertz CT molecular complexity index is 1460. The van der Waals surface area contributed by atoms with Crippen molar-refractivity contribution in [3.8, 4) is 0 Å². The topological polar surface area (TPSA) is 66.7 Å². The second kappa shape index (κ2) is 9.15. The summed E-state index contributed by atoms with van der Waals surface area (Å²) in [5.74, 6) is 1.65. The fourth-order valence-electron chi connectivity index (χ4n) is 6.18. The summed E-state index contributed by atoms with van der Waals surface area (Å²) < 4.78 is 25.0. The zero-order chi connectivity index (χ0) is 27.3. The summed E-state index contributed by atoms with van der Waals surface area (Å²) in [6, 6.07) is 2.54. The van der Waals surface area contributed by atoms with Crippen LogP contribution in [0.25, 0.3) is 21.9 Å². The summed E-state index contributed by atoms with van der Waals surface area (Å²) >= 11 is 5.59. The Morgan fingerprint density at radius 3 is 2.58 bits per heavy atom. The van der Waals surface area contributed by atoms with Gasteiger partial charge in [0.1, 0.15) is 22.5 Å². The van der Waals surface area contributed by atoms with Crippen molar-refractivity contribution >= 4 is 72.4 Å². The highest BCUT2D eigenvalue weighted by molar-refractivity contribution is 14.1. The van der Waals surface area contributed by atoms with Crippen molar-refractivity contribution in [1.82, 2.24) is 24.3 Å². The average Bonchev–Trinajstić information content (AvgIpc) is 3.48. The maximum absolute atomic E-state index is 15.7. The van der Waals surface area contributed by atoms with E-state index in [1.807, 2.05) is 31.7 Å². The Balaban J connectivity index is 1.52. The number of nitrogens with zero attached hydrogens (tertiary/aromatic N) is 6. The first kappa shape index (κ1) is 26.5. The van der Waals surface area contributed by atoms with Gasteiger partial charge in [-0.2, -0.15) is 0 Å². The number of ether oxygens (including phenoxy) is 1. The first-order valence-corrected chi connectivity index (χ1v) is 15.1. The highest BCUT2D eigenvalue weighted by atomic mass is 127. The highest BCUT2D eigenvalue weighted by Gasteiger charge is 2.56. The fourth-order valence-corrected chi connectivity index (χ4v) is 7.03. The molecular weight excluding hydrogens is 666 g/mol. The van der Waals surface area contributed by atoms with Gasteiger partial charge in [0, 0.05) is 47.0 Å². The zero-order valence-electron chi connectivity index (χ0n) is 22.6. The number of fused-ring (bicyclic) bond motifs is 4. The summed E-state index contributed by atoms with van der Waals surface area (Å²) in [5.41, 5.74) is 1.55. The third-order valence-corrected chi connectivity index (χ3v) is 10.6. The van der Waals surface area contributed by atoms with Gasteiger partial charge in [0.05, 0.1) is 22.1 Å². The molecule has 3 atom stereocenters. The van der Waals surface area contributed by atoms with Crippen LogP contribution in [0.2, 0.25) is 0 Å². The Kier molecular flexibility index (Phi) is 6.38. The highest BCUT2D eigenvalue weighted by Crippen LogP contribution is 2.52. The second-order valence-corrected chi connectivity index (χ2v) is 13.9. The monoisotopic (exact) mass is 698 g/mol. The van der Waals surface area contributed by atoms with Gasteiger partial charge in [-0.25, -0.2) is 19.2 Å². The van der Waals surface area contributed by atoms with E-state index < -0.39 is 5.60 Å². The fraction of sp³-hybridized carbons (Fsp3) is 0.593. The lowest BCUT2D eigenvalue weighted by Gasteiger charge is -2.43. The summed E-state index contributed by atoms with van der Waals surface area (Å²) in [7, 11) is 4.16. The smallest absolute Gasteiger partial charge is 0.410 e. The van der Waals surface area contributed by atoms with Crippen LogP contribution in [0.15, 0.2) is 10.5 Å². The average molecular weight is 699 g/mol. The van der Waals surface area contributed by atoms with Gasteiger partial charge in [-0.05, 0) is 85.9 Å². The van der Waals surface area contributed by atoms with E-state index in [0.717, 1.165) is 57.6 Å². The minimum absolute atomic E-state index is 0.0331. The predicted molar refractivity (Wildman–Crippen MR) is 158 cm³/mol. The molecule has 8 nitrogen and oxygen atoms in total. The van der Waals surface area contributed by atoms with Crippen molar-refractivity contribution in [2.45, 2.75) is 64.3 Å². The largest absolute Gasteiger partial charge is 0.444 e. The van der Waals surface area contributed by atoms with Gasteiger partial charge in [0.15, 0.2) is 11.6 Å². The van der Waals surface area contributed by atoms with Crippen LogP contribution < -0.4 is 4.90 Å². The first-order valence-electron chi connectivity index (χ1n) is 13.2. The molecule has 0 spiro atoms. The molecule has 1 saturated carbocycles. The molecule has 38 heavy (non-hydrogen) atoms. The molecule has 3 unspecified atom stereocenters. The molecule has 5 heterocycles. The van der Waals surface area contributed by atoms with Crippen LogP contribution in [0.5, 0.6) is 0 Å². The van der Waals surface area contributed by atoms with Crippen molar-refractivity contribution in [2.24, 2.45) is 5.92 Å². The molecule has 0 radical (unpaired) electrons. The van der Waals surface area contributed by atoms with Crippen LogP contribution in [0.1, 0.15) is 46.0 Å². The third kappa shape index (κ3) is 4.01. The quantitative estimate of drug-likeness (QED) is 0.262. The molecule has 2 bridgehead atoms. The van der Waals surface area contributed by atoms with Gasteiger partial charge in [0.25, 0.3) is 0 Å². The van der Waals surface area contributed by atoms with Gasteiger partial charge in [-0.3, -0.25) is 0 Å².